The fraction of sp³-hybridized carbons (Fsp3) is 0.211. The third kappa shape index (κ3) is 4.96. The van der Waals surface area contributed by atoms with Crippen LogP contribution in [0.5, 0.6) is 0 Å². The van der Waals surface area contributed by atoms with Crippen molar-refractivity contribution >= 4 is 35.0 Å². The van der Waals surface area contributed by atoms with Crippen LogP contribution in [0.1, 0.15) is 5.56 Å². The molecule has 0 saturated heterocycles. The number of anilines is 1. The van der Waals surface area contributed by atoms with Crippen LogP contribution in [0.4, 0.5) is 5.69 Å². The summed E-state index contributed by atoms with van der Waals surface area (Å²) < 4.78 is 1.38. The van der Waals surface area contributed by atoms with Gasteiger partial charge in [-0.2, -0.15) is 0 Å². The van der Waals surface area contributed by atoms with Crippen molar-refractivity contribution in [2.45, 2.75) is 11.7 Å². The van der Waals surface area contributed by atoms with Crippen LogP contribution in [0.2, 0.25) is 5.02 Å². The summed E-state index contributed by atoms with van der Waals surface area (Å²) in [6, 6.07) is 15.2. The van der Waals surface area contributed by atoms with Crippen molar-refractivity contribution in [1.29, 1.82) is 0 Å². The van der Waals surface area contributed by atoms with Crippen LogP contribution in [0.25, 0.3) is 11.4 Å². The number of hydrogen-bond donors (Lipinski definition) is 2. The summed E-state index contributed by atoms with van der Waals surface area (Å²) in [6.07, 6.45) is 0. The van der Waals surface area contributed by atoms with Gasteiger partial charge < -0.3 is 16.1 Å². The maximum atomic E-state index is 12.1. The molecule has 3 N–H and O–H groups in total. The fourth-order valence-corrected chi connectivity index (χ4v) is 3.28. The zero-order chi connectivity index (χ0) is 20.1. The first-order chi connectivity index (χ1) is 13.4. The Morgan fingerprint density at radius 1 is 1.14 bits per heavy atom. The third-order valence-corrected chi connectivity index (χ3v) is 5.24. The highest BCUT2D eigenvalue weighted by Crippen LogP contribution is 2.22. The van der Waals surface area contributed by atoms with Crippen LogP contribution in [0.3, 0.4) is 0 Å². The van der Waals surface area contributed by atoms with Gasteiger partial charge in [0.2, 0.25) is 11.1 Å². The first-order valence-corrected chi connectivity index (χ1v) is 9.92. The van der Waals surface area contributed by atoms with Crippen LogP contribution in [-0.2, 0) is 11.3 Å². The van der Waals surface area contributed by atoms with Gasteiger partial charge in [0.05, 0.1) is 5.75 Å². The maximum Gasteiger partial charge on any atom is 0.230 e. The highest BCUT2D eigenvalue weighted by Gasteiger charge is 2.13. The summed E-state index contributed by atoms with van der Waals surface area (Å²) in [6.45, 7) is 0.471. The van der Waals surface area contributed by atoms with E-state index in [1.165, 1.54) is 16.4 Å². The van der Waals surface area contributed by atoms with E-state index in [1.54, 1.807) is 12.1 Å². The average molecular weight is 417 g/mol. The summed E-state index contributed by atoms with van der Waals surface area (Å²) in [5.41, 5.74) is 2.96. The van der Waals surface area contributed by atoms with Gasteiger partial charge in [-0.05, 0) is 42.0 Å². The van der Waals surface area contributed by atoms with E-state index in [2.05, 4.69) is 15.5 Å². The molecule has 0 aliphatic rings. The normalized spacial score (nSPS) is 10.7. The quantitative estimate of drug-likeness (QED) is 0.454. The number of benzene rings is 2. The van der Waals surface area contributed by atoms with Gasteiger partial charge in [0.15, 0.2) is 5.82 Å². The Kier molecular flexibility index (Phi) is 6.43. The predicted molar refractivity (Wildman–Crippen MR) is 114 cm³/mol. The number of nitrogens with two attached hydrogens (primary N) is 1. The molecule has 0 fully saturated rings. The van der Waals surface area contributed by atoms with E-state index in [0.29, 0.717) is 22.5 Å². The number of thioether (sulfide) groups is 1. The minimum atomic E-state index is -0.0993. The van der Waals surface area contributed by atoms with Crippen molar-refractivity contribution in [1.82, 2.24) is 20.2 Å². The van der Waals surface area contributed by atoms with E-state index < -0.39 is 0 Å². The lowest BCUT2D eigenvalue weighted by Crippen LogP contribution is -2.25. The standard InChI is InChI=1S/C19H21ClN6OS/c1-25(2)16-9-3-13(4-10-16)11-22-17(27)12-28-19-24-23-18(26(19)21)14-5-7-15(20)8-6-14/h3-10H,11-12,21H2,1-2H3,(H,22,27). The number of nitrogens with zero attached hydrogens (tertiary/aromatic N) is 4. The van der Waals surface area contributed by atoms with E-state index in [1.807, 2.05) is 55.4 Å². The predicted octanol–water partition coefficient (Wildman–Crippen LogP) is 2.79. The summed E-state index contributed by atoms with van der Waals surface area (Å²) in [4.78, 5) is 14.2. The van der Waals surface area contributed by atoms with Crippen molar-refractivity contribution < 1.29 is 4.79 Å². The summed E-state index contributed by atoms with van der Waals surface area (Å²) >= 11 is 7.13. The van der Waals surface area contributed by atoms with Gasteiger partial charge in [-0.3, -0.25) is 4.79 Å². The number of carbonyl (C=O) groups excluding carboxylic acids is 1. The topological polar surface area (TPSA) is 89.1 Å². The Morgan fingerprint density at radius 3 is 2.46 bits per heavy atom. The largest absolute Gasteiger partial charge is 0.378 e. The zero-order valence-corrected chi connectivity index (χ0v) is 17.2. The third-order valence-electron chi connectivity index (χ3n) is 4.04. The molecule has 0 aliphatic heterocycles. The van der Waals surface area contributed by atoms with Crippen LogP contribution >= 0.6 is 23.4 Å². The molecular formula is C19H21ClN6OS. The molecule has 3 aromatic rings. The molecule has 0 radical (unpaired) electrons. The molecule has 1 amide bonds. The van der Waals surface area contributed by atoms with Gasteiger partial charge in [0, 0.05) is 36.9 Å². The lowest BCUT2D eigenvalue weighted by molar-refractivity contribution is -0.118. The summed E-state index contributed by atoms with van der Waals surface area (Å²) in [7, 11) is 3.98. The molecule has 146 valence electrons. The van der Waals surface area contributed by atoms with E-state index >= 15 is 0 Å². The minimum Gasteiger partial charge on any atom is -0.378 e. The number of halogens is 1. The molecule has 3 rings (SSSR count). The Balaban J connectivity index is 1.52. The fourth-order valence-electron chi connectivity index (χ4n) is 2.46. The van der Waals surface area contributed by atoms with Gasteiger partial charge in [0.1, 0.15) is 0 Å². The SMILES string of the molecule is CN(C)c1ccc(CNC(=O)CSc2nnc(-c3ccc(Cl)cc3)n2N)cc1. The van der Waals surface area contributed by atoms with Gasteiger partial charge >= 0.3 is 0 Å². The summed E-state index contributed by atoms with van der Waals surface area (Å²) in [5.74, 6) is 6.68. The second kappa shape index (κ2) is 8.99. The first kappa shape index (κ1) is 20.0. The summed E-state index contributed by atoms with van der Waals surface area (Å²) in [5, 5.41) is 12.2. The first-order valence-electron chi connectivity index (χ1n) is 8.56. The number of nitrogen functional groups attached to an aromatic ring is 1. The van der Waals surface area contributed by atoms with E-state index in [0.717, 1.165) is 16.8 Å². The lowest BCUT2D eigenvalue weighted by atomic mass is 10.2. The van der Waals surface area contributed by atoms with Crippen molar-refractivity contribution in [2.24, 2.45) is 0 Å². The molecular weight excluding hydrogens is 396 g/mol. The lowest BCUT2D eigenvalue weighted by Gasteiger charge is -2.12. The van der Waals surface area contributed by atoms with Gasteiger partial charge in [-0.15, -0.1) is 10.2 Å². The molecule has 0 spiro atoms. The number of aromatic nitrogens is 3. The molecule has 9 heteroatoms. The highest BCUT2D eigenvalue weighted by atomic mass is 35.5. The molecule has 0 aliphatic carbocycles. The Morgan fingerprint density at radius 2 is 1.82 bits per heavy atom. The Bertz CT molecular complexity index is 940. The van der Waals surface area contributed by atoms with Gasteiger partial charge in [-0.25, -0.2) is 4.68 Å². The second-order valence-electron chi connectivity index (χ2n) is 6.31. The smallest absolute Gasteiger partial charge is 0.230 e. The second-order valence-corrected chi connectivity index (χ2v) is 7.69. The van der Waals surface area contributed by atoms with Gasteiger partial charge in [0.25, 0.3) is 0 Å². The van der Waals surface area contributed by atoms with Crippen molar-refractivity contribution in [3.05, 3.63) is 59.1 Å². The van der Waals surface area contributed by atoms with E-state index in [-0.39, 0.29) is 11.7 Å². The molecule has 0 saturated carbocycles. The van der Waals surface area contributed by atoms with Crippen molar-refractivity contribution in [2.75, 3.05) is 30.6 Å². The monoisotopic (exact) mass is 416 g/mol. The maximum absolute atomic E-state index is 12.1. The Hall–Kier alpha value is -2.71. The van der Waals surface area contributed by atoms with Crippen LogP contribution in [-0.4, -0.2) is 40.6 Å². The minimum absolute atomic E-state index is 0.0993. The van der Waals surface area contributed by atoms with Crippen molar-refractivity contribution in [3.8, 4) is 11.4 Å². The van der Waals surface area contributed by atoms with Crippen LogP contribution in [0.15, 0.2) is 53.7 Å². The number of hydrogen-bond acceptors (Lipinski definition) is 6. The molecule has 2 aromatic carbocycles. The number of carbonyl (C=O) groups is 1. The molecule has 0 bridgehead atoms. The molecule has 0 atom stereocenters. The molecule has 1 aromatic heterocycles. The van der Waals surface area contributed by atoms with Crippen molar-refractivity contribution in [3.63, 3.8) is 0 Å². The molecule has 1 heterocycles. The highest BCUT2D eigenvalue weighted by molar-refractivity contribution is 7.99. The van der Waals surface area contributed by atoms with E-state index in [4.69, 9.17) is 17.4 Å². The van der Waals surface area contributed by atoms with E-state index in [9.17, 15) is 4.79 Å². The zero-order valence-electron chi connectivity index (χ0n) is 15.6. The molecule has 0 unspecified atom stereocenters. The van der Waals surface area contributed by atoms with Crippen LogP contribution < -0.4 is 16.1 Å². The molecule has 28 heavy (non-hydrogen) atoms. The number of nitrogens with one attached hydrogen (secondary N) is 1. The average Bonchev–Trinajstić information content (AvgIpc) is 3.06. The number of rotatable bonds is 7. The Labute approximate surface area is 172 Å². The number of amides is 1. The van der Waals surface area contributed by atoms with Gasteiger partial charge in [-0.1, -0.05) is 35.5 Å². The molecule has 7 nitrogen and oxygen atoms in total. The van der Waals surface area contributed by atoms with Crippen LogP contribution in [0, 0.1) is 0 Å².